The van der Waals surface area contributed by atoms with Gasteiger partial charge in [-0.25, -0.2) is 9.97 Å². The van der Waals surface area contributed by atoms with Crippen molar-refractivity contribution in [2.24, 2.45) is 0 Å². The Kier molecular flexibility index (Phi) is 4.43. The zero-order valence-electron chi connectivity index (χ0n) is 11.9. The minimum Gasteiger partial charge on any atom is -0.472 e. The molecule has 2 aromatic rings. The Morgan fingerprint density at radius 2 is 1.96 bits per heavy atom. The van der Waals surface area contributed by atoms with Gasteiger partial charge in [0, 0.05) is 35.9 Å². The highest BCUT2D eigenvalue weighted by atomic mass is 79.9. The van der Waals surface area contributed by atoms with E-state index >= 15 is 0 Å². The molecule has 0 aromatic carbocycles. The van der Waals surface area contributed by atoms with Gasteiger partial charge >= 0.3 is 6.18 Å². The van der Waals surface area contributed by atoms with Gasteiger partial charge in [0.25, 0.3) is 0 Å². The molecule has 4 nitrogen and oxygen atoms in total. The van der Waals surface area contributed by atoms with Crippen molar-refractivity contribution in [3.05, 3.63) is 46.7 Å². The molecule has 0 amide bonds. The van der Waals surface area contributed by atoms with E-state index in [4.69, 9.17) is 4.74 Å². The average molecular weight is 388 g/mol. The minimum atomic E-state index is -4.39. The maximum absolute atomic E-state index is 12.5. The summed E-state index contributed by atoms with van der Waals surface area (Å²) in [5.41, 5.74) is -0.781. The topological polar surface area (TPSA) is 38.2 Å². The number of rotatable bonds is 3. The van der Waals surface area contributed by atoms with Crippen LogP contribution in [0.2, 0.25) is 0 Å². The molecule has 1 atom stereocenters. The number of hydrogen-bond donors (Lipinski definition) is 0. The number of nitrogens with zero attached hydrogens (tertiary/aromatic N) is 3. The first-order valence-electron chi connectivity index (χ1n) is 6.98. The molecule has 1 fully saturated rings. The molecule has 0 spiro atoms. The summed E-state index contributed by atoms with van der Waals surface area (Å²) in [5, 5.41) is 0. The van der Waals surface area contributed by atoms with E-state index in [0.29, 0.717) is 6.54 Å². The predicted octanol–water partition coefficient (Wildman–Crippen LogP) is 3.92. The summed E-state index contributed by atoms with van der Waals surface area (Å²) in [6.07, 6.45) is -1.23. The van der Waals surface area contributed by atoms with E-state index in [-0.39, 0.29) is 12.0 Å². The SMILES string of the molecule is FC(F)(F)c1ccc(OC2CCN(c3ccc(Br)cn3)C2)nc1. The Morgan fingerprint density at radius 3 is 2.57 bits per heavy atom. The van der Waals surface area contributed by atoms with Crippen LogP contribution in [0.15, 0.2) is 41.1 Å². The molecule has 0 saturated carbocycles. The molecule has 0 radical (unpaired) electrons. The summed E-state index contributed by atoms with van der Waals surface area (Å²) in [4.78, 5) is 10.1. The van der Waals surface area contributed by atoms with Crippen LogP contribution < -0.4 is 9.64 Å². The van der Waals surface area contributed by atoms with Gasteiger partial charge in [0.2, 0.25) is 5.88 Å². The molecule has 8 heteroatoms. The largest absolute Gasteiger partial charge is 0.472 e. The van der Waals surface area contributed by atoms with Crippen molar-refractivity contribution in [1.82, 2.24) is 9.97 Å². The van der Waals surface area contributed by atoms with Crippen LogP contribution in [0.4, 0.5) is 19.0 Å². The van der Waals surface area contributed by atoms with Gasteiger partial charge in [0.05, 0.1) is 12.1 Å². The first-order valence-corrected chi connectivity index (χ1v) is 7.77. The fraction of sp³-hybridized carbons (Fsp3) is 0.333. The molecule has 122 valence electrons. The summed E-state index contributed by atoms with van der Waals surface area (Å²) in [7, 11) is 0. The first kappa shape index (κ1) is 16.0. The Labute approximate surface area is 139 Å². The van der Waals surface area contributed by atoms with Crippen molar-refractivity contribution in [3.8, 4) is 5.88 Å². The van der Waals surface area contributed by atoms with Crippen LogP contribution in [0, 0.1) is 0 Å². The lowest BCUT2D eigenvalue weighted by Crippen LogP contribution is -2.25. The van der Waals surface area contributed by atoms with E-state index in [1.807, 2.05) is 12.1 Å². The van der Waals surface area contributed by atoms with Crippen LogP contribution in [0.5, 0.6) is 5.88 Å². The third kappa shape index (κ3) is 3.93. The number of anilines is 1. The van der Waals surface area contributed by atoms with Crippen LogP contribution in [0.25, 0.3) is 0 Å². The Hall–Kier alpha value is -1.83. The number of hydrogen-bond acceptors (Lipinski definition) is 4. The normalized spacial score (nSPS) is 18.3. The molecule has 3 rings (SSSR count). The molecule has 0 N–H and O–H groups in total. The lowest BCUT2D eigenvalue weighted by atomic mass is 10.3. The van der Waals surface area contributed by atoms with Crippen LogP contribution >= 0.6 is 15.9 Å². The molecule has 0 aliphatic carbocycles. The smallest absolute Gasteiger partial charge is 0.417 e. The standard InChI is InChI=1S/C15H13BrF3N3O/c16-11-2-3-13(20-8-11)22-6-5-12(9-22)23-14-4-1-10(7-21-14)15(17,18)19/h1-4,7-8,12H,5-6,9H2. The Balaban J connectivity index is 1.60. The number of pyridine rings is 2. The highest BCUT2D eigenvalue weighted by molar-refractivity contribution is 9.10. The minimum absolute atomic E-state index is 0.121. The van der Waals surface area contributed by atoms with Gasteiger partial charge in [0.1, 0.15) is 11.9 Å². The van der Waals surface area contributed by atoms with Crippen molar-refractivity contribution in [1.29, 1.82) is 0 Å². The third-order valence-electron chi connectivity index (χ3n) is 3.53. The second kappa shape index (κ2) is 6.35. The lowest BCUT2D eigenvalue weighted by Gasteiger charge is -2.17. The second-order valence-corrected chi connectivity index (χ2v) is 6.11. The van der Waals surface area contributed by atoms with Gasteiger partial charge in [-0.1, -0.05) is 0 Å². The van der Waals surface area contributed by atoms with Crippen LogP contribution in [0.3, 0.4) is 0 Å². The summed E-state index contributed by atoms with van der Waals surface area (Å²) in [6, 6.07) is 6.05. The molecular weight excluding hydrogens is 375 g/mol. The fourth-order valence-corrected chi connectivity index (χ4v) is 2.61. The van der Waals surface area contributed by atoms with E-state index in [1.165, 1.54) is 6.07 Å². The third-order valence-corrected chi connectivity index (χ3v) is 4.00. The van der Waals surface area contributed by atoms with Crippen LogP contribution in [-0.2, 0) is 6.18 Å². The van der Waals surface area contributed by atoms with E-state index in [1.54, 1.807) is 6.20 Å². The van der Waals surface area contributed by atoms with Crippen molar-refractivity contribution < 1.29 is 17.9 Å². The quantitative estimate of drug-likeness (QED) is 0.799. The maximum Gasteiger partial charge on any atom is 0.417 e. The number of halogens is 4. The van der Waals surface area contributed by atoms with E-state index in [2.05, 4.69) is 30.8 Å². The van der Waals surface area contributed by atoms with Gasteiger partial charge in [-0.15, -0.1) is 0 Å². The van der Waals surface area contributed by atoms with Gasteiger partial charge in [0.15, 0.2) is 0 Å². The van der Waals surface area contributed by atoms with Gasteiger partial charge in [-0.2, -0.15) is 13.2 Å². The summed E-state index contributed by atoms with van der Waals surface area (Å²) < 4.78 is 44.0. The highest BCUT2D eigenvalue weighted by Gasteiger charge is 2.31. The van der Waals surface area contributed by atoms with Crippen molar-refractivity contribution in [2.75, 3.05) is 18.0 Å². The molecule has 23 heavy (non-hydrogen) atoms. The molecular formula is C15H13BrF3N3O. The zero-order valence-corrected chi connectivity index (χ0v) is 13.5. The van der Waals surface area contributed by atoms with Gasteiger partial charge in [-0.05, 0) is 34.1 Å². The summed E-state index contributed by atoms with van der Waals surface area (Å²) >= 11 is 3.34. The first-order chi connectivity index (χ1) is 10.9. The highest BCUT2D eigenvalue weighted by Crippen LogP contribution is 2.29. The van der Waals surface area contributed by atoms with Gasteiger partial charge < -0.3 is 9.64 Å². The molecule has 3 heterocycles. The van der Waals surface area contributed by atoms with E-state index in [9.17, 15) is 13.2 Å². The van der Waals surface area contributed by atoms with Crippen molar-refractivity contribution >= 4 is 21.7 Å². The molecule has 0 bridgehead atoms. The van der Waals surface area contributed by atoms with Crippen molar-refractivity contribution in [3.63, 3.8) is 0 Å². The van der Waals surface area contributed by atoms with Crippen molar-refractivity contribution in [2.45, 2.75) is 18.7 Å². The molecule has 1 aliphatic rings. The molecule has 2 aromatic heterocycles. The molecule has 1 aliphatic heterocycles. The number of ether oxygens (including phenoxy) is 1. The van der Waals surface area contributed by atoms with E-state index in [0.717, 1.165) is 35.5 Å². The Morgan fingerprint density at radius 1 is 1.13 bits per heavy atom. The van der Waals surface area contributed by atoms with Crippen LogP contribution in [0.1, 0.15) is 12.0 Å². The molecule has 1 saturated heterocycles. The maximum atomic E-state index is 12.5. The predicted molar refractivity (Wildman–Crippen MR) is 82.4 cm³/mol. The van der Waals surface area contributed by atoms with Crippen LogP contribution in [-0.4, -0.2) is 29.2 Å². The summed E-state index contributed by atoms with van der Waals surface area (Å²) in [6.45, 7) is 1.40. The fourth-order valence-electron chi connectivity index (χ4n) is 2.38. The number of aromatic nitrogens is 2. The number of alkyl halides is 3. The van der Waals surface area contributed by atoms with Gasteiger partial charge in [-0.3, -0.25) is 0 Å². The molecule has 1 unspecified atom stereocenters. The summed E-state index contributed by atoms with van der Waals surface area (Å²) in [5.74, 6) is 1.05. The monoisotopic (exact) mass is 387 g/mol. The Bertz CT molecular complexity index is 661. The second-order valence-electron chi connectivity index (χ2n) is 5.19. The zero-order chi connectivity index (χ0) is 16.4. The lowest BCUT2D eigenvalue weighted by molar-refractivity contribution is -0.137. The van der Waals surface area contributed by atoms with E-state index < -0.39 is 11.7 Å². The average Bonchev–Trinajstić information content (AvgIpc) is 2.96.